The van der Waals surface area contributed by atoms with E-state index < -0.39 is 0 Å². The SMILES string of the molecule is CN(C)C(=S)Sc1ccccc1O. The Morgan fingerprint density at radius 1 is 1.38 bits per heavy atom. The van der Waals surface area contributed by atoms with Gasteiger partial charge < -0.3 is 10.0 Å². The molecule has 0 aromatic heterocycles. The number of phenols is 1. The number of thioether (sulfide) groups is 1. The van der Waals surface area contributed by atoms with Gasteiger partial charge in [0, 0.05) is 14.1 Å². The third kappa shape index (κ3) is 2.90. The molecule has 1 N–H and O–H groups in total. The van der Waals surface area contributed by atoms with Crippen LogP contribution in [0.5, 0.6) is 5.75 Å². The van der Waals surface area contributed by atoms with Crippen molar-refractivity contribution in [2.45, 2.75) is 4.90 Å². The largest absolute Gasteiger partial charge is 0.507 e. The lowest BCUT2D eigenvalue weighted by Crippen LogP contribution is -2.15. The van der Waals surface area contributed by atoms with E-state index >= 15 is 0 Å². The maximum Gasteiger partial charge on any atom is 0.140 e. The lowest BCUT2D eigenvalue weighted by atomic mass is 10.3. The van der Waals surface area contributed by atoms with E-state index in [0.717, 1.165) is 9.22 Å². The van der Waals surface area contributed by atoms with Gasteiger partial charge in [0.05, 0.1) is 4.90 Å². The van der Waals surface area contributed by atoms with Crippen LogP contribution in [0.1, 0.15) is 0 Å². The summed E-state index contributed by atoms with van der Waals surface area (Å²) in [5.41, 5.74) is 0. The fourth-order valence-corrected chi connectivity index (χ4v) is 1.69. The summed E-state index contributed by atoms with van der Waals surface area (Å²) in [6.07, 6.45) is 0. The highest BCUT2D eigenvalue weighted by Crippen LogP contribution is 2.29. The number of benzene rings is 1. The van der Waals surface area contributed by atoms with Crippen LogP contribution in [-0.4, -0.2) is 28.4 Å². The van der Waals surface area contributed by atoms with Gasteiger partial charge in [-0.2, -0.15) is 0 Å². The minimum Gasteiger partial charge on any atom is -0.507 e. The van der Waals surface area contributed by atoms with Crippen LogP contribution in [0.2, 0.25) is 0 Å². The van der Waals surface area contributed by atoms with Crippen LogP contribution in [0, 0.1) is 0 Å². The third-order valence-corrected chi connectivity index (χ3v) is 3.15. The summed E-state index contributed by atoms with van der Waals surface area (Å²) in [5, 5.41) is 9.44. The van der Waals surface area contributed by atoms with Gasteiger partial charge >= 0.3 is 0 Å². The highest BCUT2D eigenvalue weighted by molar-refractivity contribution is 8.23. The summed E-state index contributed by atoms with van der Waals surface area (Å²) in [5.74, 6) is 0.275. The van der Waals surface area contributed by atoms with E-state index in [1.165, 1.54) is 11.8 Å². The van der Waals surface area contributed by atoms with Gasteiger partial charge in [-0.05, 0) is 12.1 Å². The minimum atomic E-state index is 0.275. The quantitative estimate of drug-likeness (QED) is 0.571. The molecule has 1 aromatic carbocycles. The standard InChI is InChI=1S/C9H11NOS2/c1-10(2)9(12)13-8-6-4-3-5-7(8)11/h3-6,11H,1-2H3. The Morgan fingerprint density at radius 3 is 2.54 bits per heavy atom. The average Bonchev–Trinajstić information content (AvgIpc) is 2.08. The molecule has 0 aliphatic heterocycles. The lowest BCUT2D eigenvalue weighted by Gasteiger charge is -2.12. The van der Waals surface area contributed by atoms with Crippen molar-refractivity contribution in [2.24, 2.45) is 0 Å². The van der Waals surface area contributed by atoms with Gasteiger partial charge in [-0.15, -0.1) is 0 Å². The minimum absolute atomic E-state index is 0.275. The summed E-state index contributed by atoms with van der Waals surface area (Å²) >= 11 is 6.48. The number of nitrogens with zero attached hydrogens (tertiary/aromatic N) is 1. The molecule has 1 rings (SSSR count). The second-order valence-corrected chi connectivity index (χ2v) is 4.41. The maximum atomic E-state index is 9.44. The van der Waals surface area contributed by atoms with Crippen molar-refractivity contribution in [2.75, 3.05) is 14.1 Å². The Bertz CT molecular complexity index is 312. The van der Waals surface area contributed by atoms with Crippen molar-refractivity contribution in [1.29, 1.82) is 0 Å². The molecule has 0 spiro atoms. The lowest BCUT2D eigenvalue weighted by molar-refractivity contribution is 0.462. The first-order chi connectivity index (χ1) is 6.11. The van der Waals surface area contributed by atoms with E-state index in [1.54, 1.807) is 12.1 Å². The number of hydrogen-bond acceptors (Lipinski definition) is 3. The van der Waals surface area contributed by atoms with Crippen LogP contribution in [0.25, 0.3) is 0 Å². The molecule has 0 unspecified atom stereocenters. The highest BCUT2D eigenvalue weighted by atomic mass is 32.2. The van der Waals surface area contributed by atoms with Crippen molar-refractivity contribution in [3.8, 4) is 5.75 Å². The van der Waals surface area contributed by atoms with Crippen molar-refractivity contribution >= 4 is 28.3 Å². The molecule has 2 nitrogen and oxygen atoms in total. The number of hydrogen-bond donors (Lipinski definition) is 1. The van der Waals surface area contributed by atoms with Crippen molar-refractivity contribution < 1.29 is 5.11 Å². The first kappa shape index (κ1) is 10.3. The molecule has 0 heterocycles. The Morgan fingerprint density at radius 2 is 2.00 bits per heavy atom. The van der Waals surface area contributed by atoms with Crippen LogP contribution in [0.15, 0.2) is 29.2 Å². The zero-order chi connectivity index (χ0) is 9.84. The summed E-state index contributed by atoms with van der Waals surface area (Å²) in [4.78, 5) is 2.63. The molecule has 0 saturated heterocycles. The summed E-state index contributed by atoms with van der Waals surface area (Å²) < 4.78 is 0.738. The molecule has 0 fully saturated rings. The number of para-hydroxylation sites is 1. The Hall–Kier alpha value is -0.740. The molecule has 13 heavy (non-hydrogen) atoms. The third-order valence-electron chi connectivity index (χ3n) is 1.43. The van der Waals surface area contributed by atoms with Crippen molar-refractivity contribution in [3.63, 3.8) is 0 Å². The number of rotatable bonds is 1. The molecule has 0 bridgehead atoms. The fourth-order valence-electron chi connectivity index (χ4n) is 0.729. The van der Waals surface area contributed by atoms with E-state index in [1.807, 2.05) is 31.1 Å². The molecular formula is C9H11NOS2. The van der Waals surface area contributed by atoms with Gasteiger partial charge in [-0.25, -0.2) is 0 Å². The molecule has 0 aliphatic carbocycles. The van der Waals surface area contributed by atoms with Gasteiger partial charge in [0.2, 0.25) is 0 Å². The smallest absolute Gasteiger partial charge is 0.140 e. The molecule has 0 atom stereocenters. The zero-order valence-electron chi connectivity index (χ0n) is 7.52. The van der Waals surface area contributed by atoms with E-state index in [9.17, 15) is 5.11 Å². The van der Waals surface area contributed by atoms with Crippen LogP contribution in [0.3, 0.4) is 0 Å². The van der Waals surface area contributed by atoms with Crippen molar-refractivity contribution in [3.05, 3.63) is 24.3 Å². The van der Waals surface area contributed by atoms with E-state index in [-0.39, 0.29) is 5.75 Å². The topological polar surface area (TPSA) is 23.5 Å². The summed E-state index contributed by atoms with van der Waals surface area (Å²) in [7, 11) is 3.77. The molecule has 1 aromatic rings. The summed E-state index contributed by atoms with van der Waals surface area (Å²) in [6.45, 7) is 0. The molecule has 0 saturated carbocycles. The van der Waals surface area contributed by atoms with Crippen LogP contribution < -0.4 is 0 Å². The van der Waals surface area contributed by atoms with Gasteiger partial charge in [0.15, 0.2) is 0 Å². The Kier molecular flexibility index (Phi) is 3.57. The second kappa shape index (κ2) is 4.48. The van der Waals surface area contributed by atoms with Gasteiger partial charge in [-0.1, -0.05) is 36.1 Å². The average molecular weight is 213 g/mol. The normalized spacial score (nSPS) is 9.69. The van der Waals surface area contributed by atoms with Crippen LogP contribution in [0.4, 0.5) is 0 Å². The van der Waals surface area contributed by atoms with Gasteiger partial charge in [-0.3, -0.25) is 0 Å². The maximum absolute atomic E-state index is 9.44. The van der Waals surface area contributed by atoms with Gasteiger partial charge in [0.1, 0.15) is 10.1 Å². The molecule has 0 aliphatic rings. The monoisotopic (exact) mass is 213 g/mol. The number of thiocarbonyl (C=S) groups is 1. The molecule has 70 valence electrons. The van der Waals surface area contributed by atoms with Crippen LogP contribution in [-0.2, 0) is 0 Å². The van der Waals surface area contributed by atoms with Crippen molar-refractivity contribution in [1.82, 2.24) is 4.90 Å². The second-order valence-electron chi connectivity index (χ2n) is 2.73. The zero-order valence-corrected chi connectivity index (χ0v) is 9.15. The van der Waals surface area contributed by atoms with E-state index in [0.29, 0.717) is 0 Å². The molecule has 4 heteroatoms. The first-order valence-electron chi connectivity index (χ1n) is 3.78. The molecule has 0 radical (unpaired) electrons. The Balaban J connectivity index is 2.75. The fraction of sp³-hybridized carbons (Fsp3) is 0.222. The molecule has 0 amide bonds. The van der Waals surface area contributed by atoms with Gasteiger partial charge in [0.25, 0.3) is 0 Å². The number of phenolic OH excluding ortho intramolecular Hbond substituents is 1. The number of aromatic hydroxyl groups is 1. The molecular weight excluding hydrogens is 202 g/mol. The highest BCUT2D eigenvalue weighted by Gasteiger charge is 2.05. The van der Waals surface area contributed by atoms with E-state index in [4.69, 9.17) is 12.2 Å². The predicted octanol–water partition coefficient (Wildman–Crippen LogP) is 2.33. The van der Waals surface area contributed by atoms with E-state index in [2.05, 4.69) is 0 Å². The van der Waals surface area contributed by atoms with Crippen LogP contribution >= 0.6 is 24.0 Å². The predicted molar refractivity (Wildman–Crippen MR) is 60.2 cm³/mol. The first-order valence-corrected chi connectivity index (χ1v) is 5.01. The summed E-state index contributed by atoms with van der Waals surface area (Å²) in [6, 6.07) is 7.16. The Labute approximate surface area is 87.6 Å².